The van der Waals surface area contributed by atoms with E-state index in [1.807, 2.05) is 12.1 Å². The van der Waals surface area contributed by atoms with Crippen molar-refractivity contribution in [1.29, 1.82) is 0 Å². The highest BCUT2D eigenvalue weighted by Gasteiger charge is 2.17. The molecule has 3 nitrogen and oxygen atoms in total. The number of hydrogen-bond acceptors (Lipinski definition) is 3. The minimum absolute atomic E-state index is 0.379. The summed E-state index contributed by atoms with van der Waals surface area (Å²) in [7, 11) is 0. The number of para-hydroxylation sites is 1. The molecule has 1 aromatic carbocycles. The van der Waals surface area contributed by atoms with Gasteiger partial charge in [-0.2, -0.15) is 0 Å². The largest absolute Gasteiger partial charge is 0.491 e. The highest BCUT2D eigenvalue weighted by atomic mass is 16.5. The number of nitrogens with zero attached hydrogens (tertiary/aromatic N) is 1. The summed E-state index contributed by atoms with van der Waals surface area (Å²) in [6, 6.07) is 8.17. The van der Waals surface area contributed by atoms with Crippen LogP contribution in [-0.4, -0.2) is 42.4 Å². The third-order valence-electron chi connectivity index (χ3n) is 4.16. The Hall–Kier alpha value is -1.06. The normalized spacial score (nSPS) is 18.9. The summed E-state index contributed by atoms with van der Waals surface area (Å²) in [5, 5.41) is 10.1. The van der Waals surface area contributed by atoms with Crippen molar-refractivity contribution in [3.8, 4) is 5.75 Å². The molecule has 0 saturated carbocycles. The van der Waals surface area contributed by atoms with Crippen LogP contribution in [0, 0.1) is 0 Å². The van der Waals surface area contributed by atoms with Crippen LogP contribution in [0.4, 0.5) is 0 Å². The van der Waals surface area contributed by atoms with Gasteiger partial charge in [0.25, 0.3) is 0 Å². The number of aliphatic hydroxyl groups is 1. The minimum Gasteiger partial charge on any atom is -0.491 e. The number of β-amino-alcohol motifs (C(OH)–C–C–N with tert-alkyl or cyclic N) is 1. The van der Waals surface area contributed by atoms with Gasteiger partial charge in [-0.25, -0.2) is 0 Å². The second kappa shape index (κ2) is 7.65. The van der Waals surface area contributed by atoms with Crippen molar-refractivity contribution in [2.24, 2.45) is 0 Å². The van der Waals surface area contributed by atoms with E-state index in [0.29, 0.717) is 12.5 Å². The Balaban J connectivity index is 1.86. The van der Waals surface area contributed by atoms with Gasteiger partial charge in [-0.3, -0.25) is 0 Å². The molecule has 112 valence electrons. The summed E-state index contributed by atoms with van der Waals surface area (Å²) in [6.45, 7) is 7.73. The average Bonchev–Trinajstić information content (AvgIpc) is 2.97. The Bertz CT molecular complexity index is 402. The SMILES string of the molecule is CCC(C)c1ccccc1OCC(O)CN1CCCC1. The van der Waals surface area contributed by atoms with Crippen LogP contribution in [0.5, 0.6) is 5.75 Å². The second-order valence-electron chi connectivity index (χ2n) is 5.82. The lowest BCUT2D eigenvalue weighted by molar-refractivity contribution is 0.0753. The topological polar surface area (TPSA) is 32.7 Å². The lowest BCUT2D eigenvalue weighted by Gasteiger charge is -2.21. The van der Waals surface area contributed by atoms with Crippen LogP contribution in [0.25, 0.3) is 0 Å². The van der Waals surface area contributed by atoms with Crippen LogP contribution in [0.3, 0.4) is 0 Å². The Morgan fingerprint density at radius 3 is 2.65 bits per heavy atom. The maximum absolute atomic E-state index is 10.1. The van der Waals surface area contributed by atoms with Gasteiger partial charge in [0.2, 0.25) is 0 Å². The standard InChI is InChI=1S/C17H27NO2/c1-3-14(2)16-8-4-5-9-17(16)20-13-15(19)12-18-10-6-7-11-18/h4-5,8-9,14-15,19H,3,6-7,10-13H2,1-2H3. The zero-order valence-electron chi connectivity index (χ0n) is 12.7. The molecule has 1 aliphatic heterocycles. The van der Waals surface area contributed by atoms with Crippen LogP contribution in [0.1, 0.15) is 44.6 Å². The van der Waals surface area contributed by atoms with Gasteiger partial charge in [-0.15, -0.1) is 0 Å². The van der Waals surface area contributed by atoms with Crippen LogP contribution in [0.2, 0.25) is 0 Å². The van der Waals surface area contributed by atoms with Gasteiger partial charge in [0.15, 0.2) is 0 Å². The zero-order valence-corrected chi connectivity index (χ0v) is 12.7. The van der Waals surface area contributed by atoms with Gasteiger partial charge < -0.3 is 14.7 Å². The van der Waals surface area contributed by atoms with Gasteiger partial charge in [0, 0.05) is 6.54 Å². The maximum atomic E-state index is 10.1. The minimum atomic E-state index is -0.405. The number of likely N-dealkylation sites (tertiary alicyclic amines) is 1. The van der Waals surface area contributed by atoms with Gasteiger partial charge >= 0.3 is 0 Å². The van der Waals surface area contributed by atoms with Gasteiger partial charge in [0.1, 0.15) is 18.5 Å². The molecule has 0 radical (unpaired) electrons. The molecule has 2 atom stereocenters. The van der Waals surface area contributed by atoms with Gasteiger partial charge in [0.05, 0.1) is 0 Å². The number of hydrogen-bond donors (Lipinski definition) is 1. The summed E-state index contributed by atoms with van der Waals surface area (Å²) in [5.41, 5.74) is 1.24. The van der Waals surface area contributed by atoms with Gasteiger partial charge in [-0.05, 0) is 49.9 Å². The van der Waals surface area contributed by atoms with Crippen molar-refractivity contribution >= 4 is 0 Å². The van der Waals surface area contributed by atoms with E-state index in [0.717, 1.165) is 31.8 Å². The average molecular weight is 277 g/mol. The molecule has 1 heterocycles. The first kappa shape index (κ1) is 15.3. The van der Waals surface area contributed by atoms with Crippen LogP contribution < -0.4 is 4.74 Å². The van der Waals surface area contributed by atoms with E-state index in [4.69, 9.17) is 4.74 Å². The van der Waals surface area contributed by atoms with E-state index in [2.05, 4.69) is 30.9 Å². The lowest BCUT2D eigenvalue weighted by atomic mass is 9.98. The number of aliphatic hydroxyl groups excluding tert-OH is 1. The summed E-state index contributed by atoms with van der Waals surface area (Å²) in [4.78, 5) is 2.31. The van der Waals surface area contributed by atoms with E-state index in [1.54, 1.807) is 0 Å². The maximum Gasteiger partial charge on any atom is 0.122 e. The van der Waals surface area contributed by atoms with Crippen LogP contribution >= 0.6 is 0 Å². The monoisotopic (exact) mass is 277 g/mol. The highest BCUT2D eigenvalue weighted by molar-refractivity contribution is 5.35. The second-order valence-corrected chi connectivity index (χ2v) is 5.82. The predicted molar refractivity (Wildman–Crippen MR) is 82.3 cm³/mol. The van der Waals surface area contributed by atoms with Crippen LogP contribution in [0.15, 0.2) is 24.3 Å². The Kier molecular flexibility index (Phi) is 5.86. The molecular formula is C17H27NO2. The van der Waals surface area contributed by atoms with E-state index in [1.165, 1.54) is 18.4 Å². The molecule has 20 heavy (non-hydrogen) atoms. The Labute approximate surface area is 122 Å². The number of rotatable bonds is 7. The fraction of sp³-hybridized carbons (Fsp3) is 0.647. The van der Waals surface area contributed by atoms with E-state index in [-0.39, 0.29) is 0 Å². The molecule has 1 fully saturated rings. The zero-order chi connectivity index (χ0) is 14.4. The Morgan fingerprint density at radius 1 is 1.25 bits per heavy atom. The van der Waals surface area contributed by atoms with E-state index in [9.17, 15) is 5.11 Å². The molecule has 2 unspecified atom stereocenters. The summed E-state index contributed by atoms with van der Waals surface area (Å²) in [6.07, 6.45) is 3.20. The van der Waals surface area contributed by atoms with E-state index < -0.39 is 6.10 Å². The first-order valence-corrected chi connectivity index (χ1v) is 7.82. The van der Waals surface area contributed by atoms with E-state index >= 15 is 0 Å². The third-order valence-corrected chi connectivity index (χ3v) is 4.16. The molecule has 1 aliphatic rings. The highest BCUT2D eigenvalue weighted by Crippen LogP contribution is 2.28. The predicted octanol–water partition coefficient (Wildman–Crippen LogP) is 3.04. The van der Waals surface area contributed by atoms with Crippen molar-refractivity contribution in [3.63, 3.8) is 0 Å². The molecule has 1 N–H and O–H groups in total. The van der Waals surface area contributed by atoms with Crippen molar-refractivity contribution in [2.75, 3.05) is 26.2 Å². The molecule has 2 rings (SSSR count). The van der Waals surface area contributed by atoms with Crippen molar-refractivity contribution in [2.45, 2.75) is 45.1 Å². The molecule has 1 aromatic rings. The number of benzene rings is 1. The first-order valence-electron chi connectivity index (χ1n) is 7.82. The fourth-order valence-electron chi connectivity index (χ4n) is 2.74. The molecule has 0 amide bonds. The third kappa shape index (κ3) is 4.22. The molecule has 0 spiro atoms. The quantitative estimate of drug-likeness (QED) is 0.831. The van der Waals surface area contributed by atoms with Crippen molar-refractivity contribution in [1.82, 2.24) is 4.90 Å². The molecule has 0 aliphatic carbocycles. The number of ether oxygens (including phenoxy) is 1. The van der Waals surface area contributed by atoms with Crippen molar-refractivity contribution < 1.29 is 9.84 Å². The fourth-order valence-corrected chi connectivity index (χ4v) is 2.74. The molecular weight excluding hydrogens is 250 g/mol. The summed E-state index contributed by atoms with van der Waals surface area (Å²) >= 11 is 0. The smallest absolute Gasteiger partial charge is 0.122 e. The lowest BCUT2D eigenvalue weighted by Crippen LogP contribution is -2.33. The Morgan fingerprint density at radius 2 is 1.95 bits per heavy atom. The summed E-state index contributed by atoms with van der Waals surface area (Å²) < 4.78 is 5.86. The van der Waals surface area contributed by atoms with Gasteiger partial charge in [-0.1, -0.05) is 32.0 Å². The summed E-state index contributed by atoms with van der Waals surface area (Å²) in [5.74, 6) is 1.41. The molecule has 1 saturated heterocycles. The molecule has 0 bridgehead atoms. The molecule has 0 aromatic heterocycles. The van der Waals surface area contributed by atoms with Crippen molar-refractivity contribution in [3.05, 3.63) is 29.8 Å². The van der Waals surface area contributed by atoms with Crippen LogP contribution in [-0.2, 0) is 0 Å². The molecule has 3 heteroatoms. The first-order chi connectivity index (χ1) is 9.70.